The van der Waals surface area contributed by atoms with Crippen LogP contribution in [0.25, 0.3) is 10.8 Å². The van der Waals surface area contributed by atoms with Gasteiger partial charge in [-0.25, -0.2) is 0 Å². The van der Waals surface area contributed by atoms with Gasteiger partial charge < -0.3 is 10.1 Å². The van der Waals surface area contributed by atoms with Gasteiger partial charge in [-0.1, -0.05) is 60.2 Å². The molecule has 0 unspecified atom stereocenters. The normalized spacial score (nSPS) is 10.3. The van der Waals surface area contributed by atoms with Gasteiger partial charge in [0.2, 0.25) is 5.91 Å². The second-order valence-electron chi connectivity index (χ2n) is 6.15. The zero-order chi connectivity index (χ0) is 18.4. The van der Waals surface area contributed by atoms with Gasteiger partial charge in [-0.15, -0.1) is 0 Å². The maximum Gasteiger partial charge on any atom is 0.234 e. The maximum atomic E-state index is 11.7. The molecule has 0 bridgehead atoms. The van der Waals surface area contributed by atoms with Crippen LogP contribution in [0.5, 0.6) is 5.75 Å². The summed E-state index contributed by atoms with van der Waals surface area (Å²) in [5.74, 6) is 0.451. The Hall–Kier alpha value is -3.32. The molecule has 0 fully saturated rings. The van der Waals surface area contributed by atoms with E-state index in [1.54, 1.807) is 0 Å². The van der Waals surface area contributed by atoms with E-state index in [4.69, 9.17) is 10.00 Å². The average Bonchev–Trinajstić information content (AvgIpc) is 2.65. The summed E-state index contributed by atoms with van der Waals surface area (Å²) in [5, 5.41) is 13.6. The minimum absolute atomic E-state index is 0.149. The third-order valence-electron chi connectivity index (χ3n) is 4.18. The molecule has 3 rings (SSSR count). The number of nitrogens with zero attached hydrogens (tertiary/aromatic N) is 1. The highest BCUT2D eigenvalue weighted by Crippen LogP contribution is 2.29. The van der Waals surface area contributed by atoms with Gasteiger partial charge in [0.15, 0.2) is 0 Å². The van der Waals surface area contributed by atoms with Gasteiger partial charge in [0, 0.05) is 12.1 Å². The molecule has 1 N–H and O–H groups in total. The lowest BCUT2D eigenvalue weighted by atomic mass is 10.0. The number of carbonyl (C=O) groups excluding carboxylic acids is 1. The summed E-state index contributed by atoms with van der Waals surface area (Å²) in [7, 11) is 0. The van der Waals surface area contributed by atoms with Crippen LogP contribution in [-0.2, 0) is 17.9 Å². The molecule has 3 aromatic rings. The van der Waals surface area contributed by atoms with Crippen molar-refractivity contribution in [1.29, 1.82) is 5.26 Å². The topological polar surface area (TPSA) is 62.1 Å². The van der Waals surface area contributed by atoms with Crippen LogP contribution in [-0.4, -0.2) is 5.91 Å². The fraction of sp³-hybridized carbons (Fsp3) is 0.182. The quantitative estimate of drug-likeness (QED) is 0.727. The van der Waals surface area contributed by atoms with Crippen LogP contribution in [0.3, 0.4) is 0 Å². The van der Waals surface area contributed by atoms with Crippen molar-refractivity contribution in [1.82, 2.24) is 5.32 Å². The highest BCUT2D eigenvalue weighted by molar-refractivity contribution is 5.88. The van der Waals surface area contributed by atoms with Gasteiger partial charge in [-0.2, -0.15) is 5.26 Å². The van der Waals surface area contributed by atoms with E-state index in [0.29, 0.717) is 13.2 Å². The Morgan fingerprint density at radius 2 is 1.96 bits per heavy atom. The Morgan fingerprint density at radius 1 is 1.12 bits per heavy atom. The Morgan fingerprint density at radius 3 is 2.77 bits per heavy atom. The number of hydrogen-bond acceptors (Lipinski definition) is 3. The average molecular weight is 344 g/mol. The predicted molar refractivity (Wildman–Crippen MR) is 102 cm³/mol. The Bertz CT molecular complexity index is 973. The van der Waals surface area contributed by atoms with Crippen molar-refractivity contribution in [2.45, 2.75) is 26.5 Å². The molecule has 26 heavy (non-hydrogen) atoms. The minimum atomic E-state index is -0.287. The molecule has 0 radical (unpaired) electrons. The molecule has 0 aliphatic heterocycles. The summed E-state index contributed by atoms with van der Waals surface area (Å²) in [5.41, 5.74) is 3.20. The molecule has 0 aliphatic carbocycles. The second-order valence-corrected chi connectivity index (χ2v) is 6.15. The van der Waals surface area contributed by atoms with Gasteiger partial charge in [0.1, 0.15) is 18.8 Å². The Kier molecular flexibility index (Phi) is 5.50. The molecule has 0 atom stereocenters. The molecule has 0 spiro atoms. The number of rotatable bonds is 6. The van der Waals surface area contributed by atoms with Crippen LogP contribution >= 0.6 is 0 Å². The molecule has 0 saturated heterocycles. The number of aryl methyl sites for hydroxylation is 1. The molecule has 130 valence electrons. The third kappa shape index (κ3) is 4.20. The van der Waals surface area contributed by atoms with Crippen LogP contribution in [0.2, 0.25) is 0 Å². The first kappa shape index (κ1) is 17.5. The summed E-state index contributed by atoms with van der Waals surface area (Å²) in [6.45, 7) is 2.83. The lowest BCUT2D eigenvalue weighted by Crippen LogP contribution is -2.22. The van der Waals surface area contributed by atoms with E-state index < -0.39 is 0 Å². The summed E-state index contributed by atoms with van der Waals surface area (Å²) in [4.78, 5) is 11.7. The van der Waals surface area contributed by atoms with Crippen molar-refractivity contribution < 1.29 is 9.53 Å². The highest BCUT2D eigenvalue weighted by atomic mass is 16.5. The molecule has 4 heteroatoms. The zero-order valence-corrected chi connectivity index (χ0v) is 14.7. The Balaban J connectivity index is 1.87. The molecule has 0 aliphatic rings. The fourth-order valence-corrected chi connectivity index (χ4v) is 2.92. The number of amides is 1. The van der Waals surface area contributed by atoms with Gasteiger partial charge in [0.25, 0.3) is 0 Å². The number of nitriles is 1. The molecule has 1 amide bonds. The van der Waals surface area contributed by atoms with Gasteiger partial charge in [0.05, 0.1) is 6.07 Å². The SMILES string of the molecule is Cc1cccc(COc2ccc3ccccc3c2CNC(=O)CC#N)c1. The molecule has 0 heterocycles. The largest absolute Gasteiger partial charge is 0.489 e. The van der Waals surface area contributed by atoms with Crippen LogP contribution in [0.4, 0.5) is 0 Å². The molecule has 0 aromatic heterocycles. The van der Waals surface area contributed by atoms with E-state index in [9.17, 15) is 4.79 Å². The van der Waals surface area contributed by atoms with Crippen LogP contribution in [0.1, 0.15) is 23.1 Å². The van der Waals surface area contributed by atoms with Crippen molar-refractivity contribution in [2.75, 3.05) is 0 Å². The number of ether oxygens (including phenoxy) is 1. The second kappa shape index (κ2) is 8.17. The van der Waals surface area contributed by atoms with Crippen LogP contribution in [0.15, 0.2) is 60.7 Å². The molecular weight excluding hydrogens is 324 g/mol. The summed E-state index contributed by atoms with van der Waals surface area (Å²) in [6.07, 6.45) is -0.149. The van der Waals surface area contributed by atoms with Crippen molar-refractivity contribution >= 4 is 16.7 Å². The first-order valence-corrected chi connectivity index (χ1v) is 8.50. The first-order chi connectivity index (χ1) is 12.7. The van der Waals surface area contributed by atoms with Gasteiger partial charge in [-0.3, -0.25) is 4.79 Å². The summed E-state index contributed by atoms with van der Waals surface area (Å²) >= 11 is 0. The first-order valence-electron chi connectivity index (χ1n) is 8.50. The lowest BCUT2D eigenvalue weighted by Gasteiger charge is -2.15. The van der Waals surface area contributed by atoms with Crippen molar-refractivity contribution in [3.8, 4) is 11.8 Å². The lowest BCUT2D eigenvalue weighted by molar-refractivity contribution is -0.120. The Labute approximate surface area is 153 Å². The van der Waals surface area contributed by atoms with Crippen LogP contribution in [0, 0.1) is 18.3 Å². The number of nitrogens with one attached hydrogen (secondary N) is 1. The minimum Gasteiger partial charge on any atom is -0.489 e. The van der Waals surface area contributed by atoms with E-state index in [1.165, 1.54) is 5.56 Å². The molecule has 0 saturated carbocycles. The van der Waals surface area contributed by atoms with Crippen molar-refractivity contribution in [3.63, 3.8) is 0 Å². The fourth-order valence-electron chi connectivity index (χ4n) is 2.92. The molecule has 3 aromatic carbocycles. The maximum absolute atomic E-state index is 11.7. The zero-order valence-electron chi connectivity index (χ0n) is 14.7. The van der Waals surface area contributed by atoms with E-state index >= 15 is 0 Å². The molecule has 4 nitrogen and oxygen atoms in total. The van der Waals surface area contributed by atoms with Crippen molar-refractivity contribution in [2.24, 2.45) is 0 Å². The summed E-state index contributed by atoms with van der Waals surface area (Å²) < 4.78 is 6.06. The van der Waals surface area contributed by atoms with Crippen LogP contribution < -0.4 is 10.1 Å². The van der Waals surface area contributed by atoms with E-state index in [1.807, 2.05) is 54.6 Å². The molecular formula is C22H20N2O2. The number of fused-ring (bicyclic) bond motifs is 1. The number of hydrogen-bond donors (Lipinski definition) is 1. The summed E-state index contributed by atoms with van der Waals surface area (Å²) in [6, 6.07) is 22.0. The highest BCUT2D eigenvalue weighted by Gasteiger charge is 2.11. The number of benzene rings is 3. The standard InChI is InChI=1S/C22H20N2O2/c1-16-5-4-6-17(13-16)15-26-21-10-9-18-7-2-3-8-19(18)20(21)14-24-22(25)11-12-23/h2-10,13H,11,14-15H2,1H3,(H,24,25). The third-order valence-corrected chi connectivity index (χ3v) is 4.18. The number of carbonyl (C=O) groups is 1. The van der Waals surface area contributed by atoms with E-state index in [2.05, 4.69) is 24.4 Å². The van der Waals surface area contributed by atoms with E-state index in [0.717, 1.165) is 27.6 Å². The predicted octanol–water partition coefficient (Wildman–Crippen LogP) is 4.26. The monoisotopic (exact) mass is 344 g/mol. The van der Waals surface area contributed by atoms with E-state index in [-0.39, 0.29) is 12.3 Å². The van der Waals surface area contributed by atoms with Gasteiger partial charge in [-0.05, 0) is 29.3 Å². The smallest absolute Gasteiger partial charge is 0.234 e. The van der Waals surface area contributed by atoms with Gasteiger partial charge >= 0.3 is 0 Å². The van der Waals surface area contributed by atoms with Crippen molar-refractivity contribution in [3.05, 3.63) is 77.4 Å².